The number of ether oxygens (including phenoxy) is 2. The summed E-state index contributed by atoms with van der Waals surface area (Å²) < 4.78 is 50.9. The van der Waals surface area contributed by atoms with Crippen molar-refractivity contribution in [3.63, 3.8) is 0 Å². The molecule has 0 saturated heterocycles. The van der Waals surface area contributed by atoms with Crippen LogP contribution in [0.3, 0.4) is 0 Å². The molecular formula is C26H22F3NO4. The first kappa shape index (κ1) is 23.4. The summed E-state index contributed by atoms with van der Waals surface area (Å²) in [5.74, 6) is -1.14. The van der Waals surface area contributed by atoms with Gasteiger partial charge < -0.3 is 14.8 Å². The molecule has 4 rings (SSSR count). The quantitative estimate of drug-likeness (QED) is 0.489. The fourth-order valence-electron chi connectivity index (χ4n) is 4.02. The van der Waals surface area contributed by atoms with Gasteiger partial charge in [0.1, 0.15) is 6.04 Å². The fourth-order valence-corrected chi connectivity index (χ4v) is 4.02. The number of hydrogen-bond acceptors (Lipinski definition) is 5. The van der Waals surface area contributed by atoms with E-state index in [0.717, 1.165) is 22.9 Å². The number of hydrogen-bond donors (Lipinski definition) is 1. The van der Waals surface area contributed by atoms with Gasteiger partial charge in [0.15, 0.2) is 12.0 Å². The highest BCUT2D eigenvalue weighted by atomic mass is 19.4. The number of carbonyl (C=O) groups excluding carboxylic acids is 2. The lowest BCUT2D eigenvalue weighted by atomic mass is 9.93. The molecule has 0 bridgehead atoms. The number of carbonyl (C=O) groups is 2. The van der Waals surface area contributed by atoms with E-state index in [1.807, 2.05) is 30.3 Å². The average Bonchev–Trinajstić information content (AvgIpc) is 3.16. The van der Waals surface area contributed by atoms with Gasteiger partial charge in [0.25, 0.3) is 0 Å². The van der Waals surface area contributed by atoms with Crippen molar-refractivity contribution in [3.8, 4) is 0 Å². The summed E-state index contributed by atoms with van der Waals surface area (Å²) >= 11 is 0. The molecule has 34 heavy (non-hydrogen) atoms. The number of benzene rings is 3. The molecule has 0 radical (unpaired) electrons. The summed E-state index contributed by atoms with van der Waals surface area (Å²) in [6.45, 7) is 1.73. The number of halogens is 3. The van der Waals surface area contributed by atoms with Crippen LogP contribution < -0.4 is 5.32 Å². The van der Waals surface area contributed by atoms with Gasteiger partial charge in [-0.05, 0) is 34.9 Å². The maximum Gasteiger partial charge on any atom is 0.416 e. The minimum Gasteiger partial charge on any atom is -0.467 e. The molecule has 1 N–H and O–H groups in total. The molecule has 1 aliphatic heterocycles. The molecule has 0 spiro atoms. The lowest BCUT2D eigenvalue weighted by molar-refractivity contribution is -0.143. The number of esters is 1. The molecular weight excluding hydrogens is 447 g/mol. The summed E-state index contributed by atoms with van der Waals surface area (Å²) in [7, 11) is 1.23. The largest absolute Gasteiger partial charge is 0.467 e. The molecule has 176 valence electrons. The summed E-state index contributed by atoms with van der Waals surface area (Å²) in [5, 5.41) is 4.56. The van der Waals surface area contributed by atoms with Gasteiger partial charge in [-0.2, -0.15) is 13.2 Å². The molecule has 3 aromatic carbocycles. The van der Waals surface area contributed by atoms with E-state index in [-0.39, 0.29) is 17.0 Å². The van der Waals surface area contributed by atoms with Gasteiger partial charge in [-0.3, -0.25) is 4.79 Å². The molecule has 5 nitrogen and oxygen atoms in total. The van der Waals surface area contributed by atoms with Crippen LogP contribution in [0.5, 0.6) is 0 Å². The zero-order chi connectivity index (χ0) is 24.5. The predicted molar refractivity (Wildman–Crippen MR) is 120 cm³/mol. The highest BCUT2D eigenvalue weighted by molar-refractivity contribution is 6.25. The van der Waals surface area contributed by atoms with Crippen LogP contribution in [-0.4, -0.2) is 24.9 Å². The van der Waals surface area contributed by atoms with Gasteiger partial charge in [-0.15, -0.1) is 0 Å². The van der Waals surface area contributed by atoms with Crippen LogP contribution in [-0.2, 0) is 25.2 Å². The van der Waals surface area contributed by atoms with Crippen LogP contribution >= 0.6 is 0 Å². The Bertz CT molecular complexity index is 1280. The number of nitrogens with one attached hydrogen (secondary N) is 1. The van der Waals surface area contributed by atoms with Crippen molar-refractivity contribution in [2.75, 3.05) is 7.11 Å². The Kier molecular flexibility index (Phi) is 6.32. The maximum atomic E-state index is 13.6. The van der Waals surface area contributed by atoms with Gasteiger partial charge in [0.2, 0.25) is 5.78 Å². The third-order valence-electron chi connectivity index (χ3n) is 5.73. The molecule has 8 heteroatoms. The van der Waals surface area contributed by atoms with Crippen molar-refractivity contribution in [2.45, 2.75) is 31.7 Å². The summed E-state index contributed by atoms with van der Waals surface area (Å²) in [4.78, 5) is 25.8. The second kappa shape index (κ2) is 9.21. The fraction of sp³-hybridized carbons (Fsp3) is 0.231. The van der Waals surface area contributed by atoms with Crippen LogP contribution in [0.25, 0.3) is 16.3 Å². The topological polar surface area (TPSA) is 64.6 Å². The number of Topliss-reactive ketones (excluding diaryl/α,β-unsaturated/α-hetero) is 1. The SMILES string of the molecule is CCC(NC1=C(c2cccc(C(F)(F)F)c2)C(=O)C(c2cccc3ccccc23)O1)C(=O)OC. The molecule has 0 aliphatic carbocycles. The smallest absolute Gasteiger partial charge is 0.416 e. The first-order chi connectivity index (χ1) is 16.2. The van der Waals surface area contributed by atoms with E-state index in [1.54, 1.807) is 19.1 Å². The Labute approximate surface area is 194 Å². The van der Waals surface area contributed by atoms with E-state index in [4.69, 9.17) is 9.47 Å². The molecule has 3 aromatic rings. The zero-order valence-corrected chi connectivity index (χ0v) is 18.5. The first-order valence-corrected chi connectivity index (χ1v) is 10.7. The Hall–Kier alpha value is -3.81. The highest BCUT2D eigenvalue weighted by Gasteiger charge is 2.40. The minimum atomic E-state index is -4.58. The van der Waals surface area contributed by atoms with Crippen molar-refractivity contribution >= 4 is 28.1 Å². The molecule has 0 aromatic heterocycles. The Morgan fingerprint density at radius 3 is 2.50 bits per heavy atom. The molecule has 1 aliphatic rings. The summed E-state index contributed by atoms with van der Waals surface area (Å²) in [6, 6.07) is 16.5. The normalized spacial score (nSPS) is 17.0. The maximum absolute atomic E-state index is 13.6. The Morgan fingerprint density at radius 1 is 1.09 bits per heavy atom. The minimum absolute atomic E-state index is 0.0461. The third kappa shape index (κ3) is 4.35. The van der Waals surface area contributed by atoms with Crippen LogP contribution in [0.15, 0.2) is 72.6 Å². The Morgan fingerprint density at radius 2 is 1.79 bits per heavy atom. The van der Waals surface area contributed by atoms with E-state index in [2.05, 4.69) is 5.32 Å². The van der Waals surface area contributed by atoms with Crippen molar-refractivity contribution in [1.82, 2.24) is 5.32 Å². The van der Waals surface area contributed by atoms with Crippen LogP contribution in [0, 0.1) is 0 Å². The van der Waals surface area contributed by atoms with E-state index in [9.17, 15) is 22.8 Å². The number of ketones is 1. The lowest BCUT2D eigenvalue weighted by Gasteiger charge is -2.19. The standard InChI is InChI=1S/C26H22F3NO4/c1-3-20(25(32)33-2)30-24-21(16-10-6-11-17(14-16)26(27,28)29)22(31)23(34-24)19-13-7-9-15-8-4-5-12-18(15)19/h4-14,20,23,30H,3H2,1-2H3. The first-order valence-electron chi connectivity index (χ1n) is 10.7. The van der Waals surface area contributed by atoms with Gasteiger partial charge >= 0.3 is 12.1 Å². The summed E-state index contributed by atoms with van der Waals surface area (Å²) in [5.41, 5.74) is -0.315. The van der Waals surface area contributed by atoms with Gasteiger partial charge in [0.05, 0.1) is 18.2 Å². The monoisotopic (exact) mass is 469 g/mol. The van der Waals surface area contributed by atoms with Crippen LogP contribution in [0.1, 0.15) is 36.1 Å². The summed E-state index contributed by atoms with van der Waals surface area (Å²) in [6.07, 6.45) is -5.37. The van der Waals surface area contributed by atoms with Crippen LogP contribution in [0.2, 0.25) is 0 Å². The lowest BCUT2D eigenvalue weighted by Crippen LogP contribution is -2.37. The van der Waals surface area contributed by atoms with Crippen molar-refractivity contribution in [3.05, 3.63) is 89.3 Å². The van der Waals surface area contributed by atoms with Gasteiger partial charge in [-0.1, -0.05) is 61.5 Å². The number of methoxy groups -OCH3 is 1. The predicted octanol–water partition coefficient (Wildman–Crippen LogP) is 5.41. The van der Waals surface area contributed by atoms with Crippen molar-refractivity contribution in [1.29, 1.82) is 0 Å². The number of rotatable bonds is 6. The van der Waals surface area contributed by atoms with E-state index in [1.165, 1.54) is 19.2 Å². The van der Waals surface area contributed by atoms with E-state index >= 15 is 0 Å². The van der Waals surface area contributed by atoms with Crippen LogP contribution in [0.4, 0.5) is 13.2 Å². The molecule has 2 atom stereocenters. The van der Waals surface area contributed by atoms with Crippen molar-refractivity contribution in [2.24, 2.45) is 0 Å². The zero-order valence-electron chi connectivity index (χ0n) is 18.5. The second-order valence-corrected chi connectivity index (χ2v) is 7.84. The molecule has 0 fully saturated rings. The van der Waals surface area contributed by atoms with E-state index < -0.39 is 35.6 Å². The van der Waals surface area contributed by atoms with E-state index in [0.29, 0.717) is 12.0 Å². The average molecular weight is 469 g/mol. The van der Waals surface area contributed by atoms with Gasteiger partial charge in [0, 0.05) is 5.56 Å². The second-order valence-electron chi connectivity index (χ2n) is 7.84. The molecule has 2 unspecified atom stereocenters. The molecule has 1 heterocycles. The highest BCUT2D eigenvalue weighted by Crippen LogP contribution is 2.41. The Balaban J connectivity index is 1.83. The molecule has 0 saturated carbocycles. The number of alkyl halides is 3. The third-order valence-corrected chi connectivity index (χ3v) is 5.73. The number of fused-ring (bicyclic) bond motifs is 1. The van der Waals surface area contributed by atoms with Crippen molar-refractivity contribution < 1.29 is 32.2 Å². The molecule has 0 amide bonds. The van der Waals surface area contributed by atoms with Gasteiger partial charge in [-0.25, -0.2) is 4.79 Å².